The molecule has 6 nitrogen and oxygen atoms in total. The number of anilines is 1. The Hall–Kier alpha value is -2.02. The molecule has 2 atom stereocenters. The second-order valence-electron chi connectivity index (χ2n) is 6.25. The number of aliphatic carboxylic acids is 1. The lowest BCUT2D eigenvalue weighted by Gasteiger charge is -2.34. The number of thioether (sulfide) groups is 1. The summed E-state index contributed by atoms with van der Waals surface area (Å²) >= 11 is 1.23. The molecule has 1 heterocycles. The van der Waals surface area contributed by atoms with Crippen LogP contribution in [0.1, 0.15) is 31.7 Å². The number of piperidine rings is 1. The Bertz CT molecular complexity index is 632. The van der Waals surface area contributed by atoms with Crippen molar-refractivity contribution >= 4 is 35.2 Å². The number of carbonyl (C=O) groups excluding carboxylic acids is 2. The van der Waals surface area contributed by atoms with E-state index in [0.29, 0.717) is 13.0 Å². The van der Waals surface area contributed by atoms with Gasteiger partial charge >= 0.3 is 5.97 Å². The molecule has 2 rings (SSSR count). The SMILES string of the molecule is Cc1ccc(NC(=O)CSC(C)C(=O)N2CCCCC2C(=O)O)cc1. The fourth-order valence-electron chi connectivity index (χ4n) is 2.79. The minimum atomic E-state index is -0.956. The molecule has 7 heteroatoms. The highest BCUT2D eigenvalue weighted by atomic mass is 32.2. The number of benzene rings is 1. The van der Waals surface area contributed by atoms with Gasteiger partial charge < -0.3 is 15.3 Å². The van der Waals surface area contributed by atoms with Crippen molar-refractivity contribution in [3.05, 3.63) is 29.8 Å². The van der Waals surface area contributed by atoms with Crippen LogP contribution >= 0.6 is 11.8 Å². The van der Waals surface area contributed by atoms with E-state index in [0.717, 1.165) is 24.1 Å². The fourth-order valence-corrected chi connectivity index (χ4v) is 3.54. The van der Waals surface area contributed by atoms with Crippen LogP contribution in [-0.2, 0) is 14.4 Å². The van der Waals surface area contributed by atoms with E-state index in [-0.39, 0.29) is 17.6 Å². The number of carboxylic acids is 1. The van der Waals surface area contributed by atoms with E-state index < -0.39 is 17.3 Å². The van der Waals surface area contributed by atoms with Gasteiger partial charge in [0.25, 0.3) is 0 Å². The lowest BCUT2D eigenvalue weighted by molar-refractivity contribution is -0.151. The van der Waals surface area contributed by atoms with Crippen molar-refractivity contribution in [2.24, 2.45) is 0 Å². The topological polar surface area (TPSA) is 86.7 Å². The van der Waals surface area contributed by atoms with Gasteiger partial charge in [-0.3, -0.25) is 9.59 Å². The summed E-state index contributed by atoms with van der Waals surface area (Å²) < 4.78 is 0. The summed E-state index contributed by atoms with van der Waals surface area (Å²) in [4.78, 5) is 37.3. The van der Waals surface area contributed by atoms with Gasteiger partial charge in [-0.15, -0.1) is 11.8 Å². The molecule has 25 heavy (non-hydrogen) atoms. The first-order valence-electron chi connectivity index (χ1n) is 8.40. The largest absolute Gasteiger partial charge is 0.480 e. The third-order valence-electron chi connectivity index (χ3n) is 4.22. The van der Waals surface area contributed by atoms with Crippen LogP contribution in [0.25, 0.3) is 0 Å². The average Bonchev–Trinajstić information content (AvgIpc) is 2.61. The van der Waals surface area contributed by atoms with Gasteiger partial charge in [0.15, 0.2) is 0 Å². The molecule has 2 N–H and O–H groups in total. The first kappa shape index (κ1) is 19.3. The number of nitrogens with one attached hydrogen (secondary N) is 1. The molecular formula is C18H24N2O4S. The van der Waals surface area contributed by atoms with Crippen molar-refractivity contribution < 1.29 is 19.5 Å². The number of nitrogens with zero attached hydrogens (tertiary/aromatic N) is 1. The lowest BCUT2D eigenvalue weighted by atomic mass is 10.0. The van der Waals surface area contributed by atoms with E-state index in [9.17, 15) is 19.5 Å². The molecule has 0 aromatic heterocycles. The van der Waals surface area contributed by atoms with Gasteiger partial charge in [0.05, 0.1) is 11.0 Å². The number of carbonyl (C=O) groups is 3. The molecule has 1 aromatic carbocycles. The van der Waals surface area contributed by atoms with Gasteiger partial charge in [-0.2, -0.15) is 0 Å². The summed E-state index contributed by atoms with van der Waals surface area (Å²) in [7, 11) is 0. The minimum absolute atomic E-state index is 0.145. The number of aryl methyl sites for hydroxylation is 1. The van der Waals surface area contributed by atoms with Crippen LogP contribution in [0.15, 0.2) is 24.3 Å². The highest BCUT2D eigenvalue weighted by Gasteiger charge is 2.34. The van der Waals surface area contributed by atoms with E-state index in [1.807, 2.05) is 31.2 Å². The lowest BCUT2D eigenvalue weighted by Crippen LogP contribution is -2.50. The summed E-state index contributed by atoms with van der Waals surface area (Å²) in [5.41, 5.74) is 1.83. The molecule has 2 unspecified atom stereocenters. The maximum Gasteiger partial charge on any atom is 0.326 e. The first-order valence-corrected chi connectivity index (χ1v) is 9.45. The van der Waals surface area contributed by atoms with E-state index in [1.54, 1.807) is 6.92 Å². The molecule has 1 fully saturated rings. The zero-order valence-electron chi connectivity index (χ0n) is 14.5. The van der Waals surface area contributed by atoms with Crippen LogP contribution in [0.3, 0.4) is 0 Å². The second kappa shape index (κ2) is 8.89. The number of carboxylic acid groups (broad SMARTS) is 1. The molecule has 0 radical (unpaired) electrons. The van der Waals surface area contributed by atoms with Gasteiger partial charge in [0, 0.05) is 12.2 Å². The molecule has 0 bridgehead atoms. The predicted molar refractivity (Wildman–Crippen MR) is 98.7 cm³/mol. The van der Waals surface area contributed by atoms with Gasteiger partial charge in [-0.05, 0) is 45.2 Å². The Morgan fingerprint density at radius 2 is 1.96 bits per heavy atom. The smallest absolute Gasteiger partial charge is 0.326 e. The number of hydrogen-bond donors (Lipinski definition) is 2. The summed E-state index contributed by atoms with van der Waals surface area (Å²) in [5, 5.41) is 11.6. The zero-order chi connectivity index (χ0) is 18.4. The van der Waals surface area contributed by atoms with E-state index in [2.05, 4.69) is 5.32 Å². The molecule has 1 aromatic rings. The van der Waals surface area contributed by atoms with Crippen molar-refractivity contribution in [1.29, 1.82) is 0 Å². The second-order valence-corrected chi connectivity index (χ2v) is 7.58. The maximum atomic E-state index is 12.5. The highest BCUT2D eigenvalue weighted by Crippen LogP contribution is 2.22. The molecule has 1 aliphatic rings. The molecule has 0 aliphatic carbocycles. The molecular weight excluding hydrogens is 340 g/mol. The summed E-state index contributed by atoms with van der Waals surface area (Å²) in [6, 6.07) is 6.75. The molecule has 0 saturated carbocycles. The van der Waals surface area contributed by atoms with Crippen molar-refractivity contribution in [3.63, 3.8) is 0 Å². The van der Waals surface area contributed by atoms with Crippen LogP contribution in [0, 0.1) is 6.92 Å². The third kappa shape index (κ3) is 5.49. The normalized spacial score (nSPS) is 18.5. The van der Waals surface area contributed by atoms with Crippen LogP contribution in [0.4, 0.5) is 5.69 Å². The zero-order valence-corrected chi connectivity index (χ0v) is 15.3. The average molecular weight is 364 g/mol. The molecule has 0 spiro atoms. The highest BCUT2D eigenvalue weighted by molar-refractivity contribution is 8.01. The van der Waals surface area contributed by atoms with E-state index in [4.69, 9.17) is 0 Å². The summed E-state index contributed by atoms with van der Waals surface area (Å²) in [5.74, 6) is -1.20. The molecule has 136 valence electrons. The minimum Gasteiger partial charge on any atom is -0.480 e. The van der Waals surface area contributed by atoms with E-state index in [1.165, 1.54) is 16.7 Å². The van der Waals surface area contributed by atoms with Crippen molar-refractivity contribution in [1.82, 2.24) is 4.90 Å². The van der Waals surface area contributed by atoms with Crippen molar-refractivity contribution in [2.75, 3.05) is 17.6 Å². The number of hydrogen-bond acceptors (Lipinski definition) is 4. The number of amides is 2. The molecule has 1 saturated heterocycles. The molecule has 2 amide bonds. The Labute approximate surface area is 152 Å². The third-order valence-corrected chi connectivity index (χ3v) is 5.35. The van der Waals surface area contributed by atoms with Crippen LogP contribution in [0.2, 0.25) is 0 Å². The van der Waals surface area contributed by atoms with Crippen LogP contribution in [0.5, 0.6) is 0 Å². The van der Waals surface area contributed by atoms with Crippen LogP contribution < -0.4 is 5.32 Å². The first-order chi connectivity index (χ1) is 11.9. The van der Waals surface area contributed by atoms with Gasteiger partial charge in [0.2, 0.25) is 11.8 Å². The predicted octanol–water partition coefficient (Wildman–Crippen LogP) is 2.52. The van der Waals surface area contributed by atoms with Crippen molar-refractivity contribution in [2.45, 2.75) is 44.4 Å². The van der Waals surface area contributed by atoms with Crippen LogP contribution in [-0.4, -0.2) is 51.4 Å². The van der Waals surface area contributed by atoms with Gasteiger partial charge in [0.1, 0.15) is 6.04 Å². The Balaban J connectivity index is 1.84. The molecule has 1 aliphatic heterocycles. The number of rotatable bonds is 6. The maximum absolute atomic E-state index is 12.5. The Morgan fingerprint density at radius 1 is 1.28 bits per heavy atom. The Morgan fingerprint density at radius 3 is 2.60 bits per heavy atom. The van der Waals surface area contributed by atoms with Gasteiger partial charge in [-0.1, -0.05) is 17.7 Å². The Kier molecular flexibility index (Phi) is 6.87. The summed E-state index contributed by atoms with van der Waals surface area (Å²) in [6.07, 6.45) is 2.13. The quantitative estimate of drug-likeness (QED) is 0.810. The van der Waals surface area contributed by atoms with Gasteiger partial charge in [-0.25, -0.2) is 4.79 Å². The summed E-state index contributed by atoms with van der Waals surface area (Å²) in [6.45, 7) is 4.16. The van der Waals surface area contributed by atoms with Crippen molar-refractivity contribution in [3.8, 4) is 0 Å². The van der Waals surface area contributed by atoms with E-state index >= 15 is 0 Å². The number of likely N-dealkylation sites (tertiary alicyclic amines) is 1. The fraction of sp³-hybridized carbons (Fsp3) is 0.500. The monoisotopic (exact) mass is 364 g/mol. The standard InChI is InChI=1S/C18H24N2O4S/c1-12-6-8-14(9-7-12)19-16(21)11-25-13(2)17(22)20-10-4-3-5-15(20)18(23)24/h6-9,13,15H,3-5,10-11H2,1-2H3,(H,19,21)(H,23,24).